The number of hydrogen-bond acceptors (Lipinski definition) is 3. The summed E-state index contributed by atoms with van der Waals surface area (Å²) in [5, 5.41) is 0.238. The molecule has 0 radical (unpaired) electrons. The maximum Gasteiger partial charge on any atom is 0.268 e. The van der Waals surface area contributed by atoms with E-state index in [2.05, 4.69) is 9.97 Å². The number of hydrogen-bond donors (Lipinski definition) is 2. The number of carbonyl (C=O) groups excluding carboxylic acids is 1. The Morgan fingerprint density at radius 1 is 1.03 bits per heavy atom. The molecule has 0 aromatic carbocycles. The number of carbonyl (C=O) groups is 1. The molecule has 7 heteroatoms. The molecule has 0 aliphatic heterocycles. The molecule has 3 N–H and O–H groups in total. The maximum absolute atomic E-state index is 13.2. The Kier molecular flexibility index (Phi) is 6.98. The second kappa shape index (κ2) is 9.46. The average Bonchev–Trinajstić information content (AvgIpc) is 2.89. The van der Waals surface area contributed by atoms with Gasteiger partial charge in [0, 0.05) is 31.3 Å². The second-order valence-corrected chi connectivity index (χ2v) is 8.23. The van der Waals surface area contributed by atoms with Crippen LogP contribution in [0.5, 0.6) is 0 Å². The van der Waals surface area contributed by atoms with Crippen molar-refractivity contribution in [3.63, 3.8) is 0 Å². The van der Waals surface area contributed by atoms with Gasteiger partial charge in [-0.2, -0.15) is 0 Å². The summed E-state index contributed by atoms with van der Waals surface area (Å²) in [6, 6.07) is 2.94. The first-order valence-corrected chi connectivity index (χ1v) is 10.5. The highest BCUT2D eigenvalue weighted by Crippen LogP contribution is 2.41. The topological polar surface area (TPSA) is 88.8 Å². The van der Waals surface area contributed by atoms with Crippen LogP contribution in [-0.4, -0.2) is 21.8 Å². The largest absolute Gasteiger partial charge is 0.364 e. The Labute approximate surface area is 169 Å². The summed E-state index contributed by atoms with van der Waals surface area (Å²) < 4.78 is 26.4. The summed E-state index contributed by atoms with van der Waals surface area (Å²) in [5.74, 6) is -1.68. The van der Waals surface area contributed by atoms with E-state index in [1.165, 1.54) is 50.6 Å². The number of aromatic nitrogens is 2. The Morgan fingerprint density at radius 3 is 2.45 bits per heavy atom. The number of aromatic amines is 1. The van der Waals surface area contributed by atoms with Crippen molar-refractivity contribution in [3.8, 4) is 0 Å². The van der Waals surface area contributed by atoms with Gasteiger partial charge in [0.2, 0.25) is 5.92 Å². The Morgan fingerprint density at radius 2 is 1.72 bits per heavy atom. The smallest absolute Gasteiger partial charge is 0.268 e. The molecular weight excluding hydrogens is 376 g/mol. The molecule has 29 heavy (non-hydrogen) atoms. The van der Waals surface area contributed by atoms with Gasteiger partial charge >= 0.3 is 0 Å². The number of nitrogens with one attached hydrogen (secondary N) is 1. The van der Waals surface area contributed by atoms with Crippen LogP contribution in [-0.2, 0) is 0 Å². The third-order valence-corrected chi connectivity index (χ3v) is 6.22. The van der Waals surface area contributed by atoms with Crippen molar-refractivity contribution in [3.05, 3.63) is 40.4 Å². The molecule has 1 atom stereocenters. The first kappa shape index (κ1) is 21.4. The van der Waals surface area contributed by atoms with Crippen molar-refractivity contribution in [2.75, 3.05) is 0 Å². The van der Waals surface area contributed by atoms with E-state index in [-0.39, 0.29) is 29.4 Å². The molecule has 4 rings (SSSR count). The van der Waals surface area contributed by atoms with Gasteiger partial charge in [-0.15, -0.1) is 0 Å². The number of rotatable bonds is 2. The SMILES string of the molecule is FC1(F)CCC[C@@H](C2CCCCC2)CC1.NC(=O)c1nccc2[nH]ccc(=O)c12. The molecule has 2 heterocycles. The zero-order chi connectivity index (χ0) is 20.9. The minimum atomic E-state index is -2.36. The van der Waals surface area contributed by atoms with E-state index in [9.17, 15) is 18.4 Å². The molecule has 2 saturated carbocycles. The molecule has 158 valence electrons. The van der Waals surface area contributed by atoms with Crippen LogP contribution < -0.4 is 11.2 Å². The zero-order valence-corrected chi connectivity index (χ0v) is 16.6. The summed E-state index contributed by atoms with van der Waals surface area (Å²) in [6.45, 7) is 0. The molecule has 5 nitrogen and oxygen atoms in total. The van der Waals surface area contributed by atoms with Gasteiger partial charge < -0.3 is 10.7 Å². The van der Waals surface area contributed by atoms with Gasteiger partial charge in [-0.05, 0) is 37.2 Å². The summed E-state index contributed by atoms with van der Waals surface area (Å²) in [4.78, 5) is 29.0. The standard InChI is InChI=1S/C13H22F2.C9H7N3O2/c14-13(15)9-4-7-12(8-10-13)11-5-2-1-3-6-11;10-9(14)8-7-5(1-3-12-8)11-4-2-6(7)13/h11-12H,1-10H2;1-4H,(H2,10,14)(H,11,13)/t12-;/m1./s1. The third kappa shape index (κ3) is 5.61. The molecule has 1 amide bonds. The van der Waals surface area contributed by atoms with Gasteiger partial charge in [-0.1, -0.05) is 32.1 Å². The lowest BCUT2D eigenvalue weighted by Gasteiger charge is -2.29. The number of nitrogens with zero attached hydrogens (tertiary/aromatic N) is 1. The average molecular weight is 405 g/mol. The van der Waals surface area contributed by atoms with Crippen molar-refractivity contribution in [2.45, 2.75) is 70.1 Å². The Balaban J connectivity index is 0.000000166. The van der Waals surface area contributed by atoms with Gasteiger partial charge in [0.15, 0.2) is 5.43 Å². The van der Waals surface area contributed by atoms with Crippen LogP contribution in [0.25, 0.3) is 10.9 Å². The number of alkyl halides is 2. The van der Waals surface area contributed by atoms with E-state index in [4.69, 9.17) is 5.73 Å². The van der Waals surface area contributed by atoms with Crippen molar-refractivity contribution < 1.29 is 13.6 Å². The molecule has 2 aromatic heterocycles. The van der Waals surface area contributed by atoms with Crippen molar-refractivity contribution >= 4 is 16.8 Å². The van der Waals surface area contributed by atoms with Gasteiger partial charge in [0.05, 0.1) is 10.9 Å². The molecular formula is C22H29F2N3O2. The number of pyridine rings is 2. The van der Waals surface area contributed by atoms with Gasteiger partial charge in [0.1, 0.15) is 5.69 Å². The molecule has 2 aliphatic carbocycles. The fourth-order valence-corrected chi connectivity index (χ4v) is 4.67. The highest BCUT2D eigenvalue weighted by Gasteiger charge is 2.34. The predicted molar refractivity (Wildman–Crippen MR) is 109 cm³/mol. The van der Waals surface area contributed by atoms with Crippen LogP contribution >= 0.6 is 0 Å². The van der Waals surface area contributed by atoms with Crippen molar-refractivity contribution in [2.24, 2.45) is 17.6 Å². The van der Waals surface area contributed by atoms with Crippen LogP contribution in [0, 0.1) is 11.8 Å². The number of halogens is 2. The predicted octanol–water partition coefficient (Wildman–Crippen LogP) is 4.80. The van der Waals surface area contributed by atoms with Gasteiger partial charge in [-0.25, -0.2) is 8.78 Å². The number of nitrogens with two attached hydrogens (primary N) is 1. The first-order chi connectivity index (χ1) is 13.9. The van der Waals surface area contributed by atoms with E-state index in [1.54, 1.807) is 6.07 Å². The minimum absolute atomic E-state index is 0.00403. The summed E-state index contributed by atoms with van der Waals surface area (Å²) in [6.07, 6.45) is 12.4. The van der Waals surface area contributed by atoms with E-state index in [0.29, 0.717) is 11.4 Å². The molecule has 0 bridgehead atoms. The van der Waals surface area contributed by atoms with Crippen LogP contribution in [0.15, 0.2) is 29.3 Å². The minimum Gasteiger partial charge on any atom is -0.364 e. The third-order valence-electron chi connectivity index (χ3n) is 6.22. The number of primary amides is 1. The van der Waals surface area contributed by atoms with Gasteiger partial charge in [0.25, 0.3) is 5.91 Å². The fraction of sp³-hybridized carbons (Fsp3) is 0.591. The van der Waals surface area contributed by atoms with Crippen molar-refractivity contribution in [1.82, 2.24) is 9.97 Å². The maximum atomic E-state index is 13.2. The number of amides is 1. The van der Waals surface area contributed by atoms with E-state index < -0.39 is 11.8 Å². The summed E-state index contributed by atoms with van der Waals surface area (Å²) in [5.41, 5.74) is 5.39. The van der Waals surface area contributed by atoms with Crippen LogP contribution in [0.2, 0.25) is 0 Å². The summed E-state index contributed by atoms with van der Waals surface area (Å²) >= 11 is 0. The lowest BCUT2D eigenvalue weighted by Crippen LogP contribution is -2.18. The highest BCUT2D eigenvalue weighted by molar-refractivity contribution is 6.03. The van der Waals surface area contributed by atoms with Crippen LogP contribution in [0.3, 0.4) is 0 Å². The van der Waals surface area contributed by atoms with E-state index in [0.717, 1.165) is 25.2 Å². The summed E-state index contributed by atoms with van der Waals surface area (Å²) in [7, 11) is 0. The lowest BCUT2D eigenvalue weighted by molar-refractivity contribution is -0.0156. The highest BCUT2D eigenvalue weighted by atomic mass is 19.3. The molecule has 2 fully saturated rings. The molecule has 0 spiro atoms. The normalized spacial score (nSPS) is 22.3. The van der Waals surface area contributed by atoms with E-state index >= 15 is 0 Å². The lowest BCUT2D eigenvalue weighted by atomic mass is 9.77. The Bertz CT molecular complexity index is 886. The monoisotopic (exact) mass is 405 g/mol. The van der Waals surface area contributed by atoms with Crippen LogP contribution in [0.1, 0.15) is 74.7 Å². The van der Waals surface area contributed by atoms with Crippen LogP contribution in [0.4, 0.5) is 8.78 Å². The first-order valence-electron chi connectivity index (χ1n) is 10.5. The van der Waals surface area contributed by atoms with E-state index in [1.807, 2.05) is 0 Å². The number of H-pyrrole nitrogens is 1. The zero-order valence-electron chi connectivity index (χ0n) is 16.6. The molecule has 2 aromatic rings. The molecule has 2 aliphatic rings. The Hall–Kier alpha value is -2.31. The fourth-order valence-electron chi connectivity index (χ4n) is 4.67. The second-order valence-electron chi connectivity index (χ2n) is 8.23. The number of fused-ring (bicyclic) bond motifs is 1. The quantitative estimate of drug-likeness (QED) is 0.703. The van der Waals surface area contributed by atoms with Gasteiger partial charge in [-0.3, -0.25) is 14.6 Å². The van der Waals surface area contributed by atoms with Crippen molar-refractivity contribution in [1.29, 1.82) is 0 Å². The molecule has 0 saturated heterocycles. The molecule has 0 unspecified atom stereocenters.